The number of benzene rings is 2. The van der Waals surface area contributed by atoms with Gasteiger partial charge in [0.05, 0.1) is 23.0 Å². The largest absolute Gasteiger partial charge is 0.348 e. The summed E-state index contributed by atoms with van der Waals surface area (Å²) < 4.78 is 25.8. The quantitative estimate of drug-likeness (QED) is 0.707. The van der Waals surface area contributed by atoms with Crippen LogP contribution in [0.3, 0.4) is 0 Å². The van der Waals surface area contributed by atoms with Gasteiger partial charge in [0.2, 0.25) is 15.9 Å². The van der Waals surface area contributed by atoms with E-state index in [0.717, 1.165) is 27.3 Å². The van der Waals surface area contributed by atoms with Crippen LogP contribution in [0.1, 0.15) is 36.6 Å². The van der Waals surface area contributed by atoms with E-state index in [1.54, 1.807) is 6.07 Å². The van der Waals surface area contributed by atoms with Crippen molar-refractivity contribution in [3.05, 3.63) is 63.1 Å². The standard InChI is InChI=1S/C20H24Cl2N2O3S/c1-12-6-7-16(10-13(12)2)14(3)23-20(25)15(4)24(28(5,26)27)19-11-17(21)8-9-18(19)22/h6-11,14-15H,1-5H3,(H,23,25)/t14-,15-/m1/s1. The number of amides is 1. The Labute approximate surface area is 176 Å². The van der Waals surface area contributed by atoms with Gasteiger partial charge in [-0.3, -0.25) is 9.10 Å². The molecule has 0 aliphatic heterocycles. The molecule has 8 heteroatoms. The second kappa shape index (κ2) is 8.72. The lowest BCUT2D eigenvalue weighted by molar-refractivity contribution is -0.122. The lowest BCUT2D eigenvalue weighted by atomic mass is 10.0. The molecule has 2 rings (SSSR count). The van der Waals surface area contributed by atoms with E-state index in [2.05, 4.69) is 5.32 Å². The molecule has 2 aromatic rings. The topological polar surface area (TPSA) is 66.5 Å². The van der Waals surface area contributed by atoms with Crippen LogP contribution in [0.2, 0.25) is 10.0 Å². The van der Waals surface area contributed by atoms with E-state index >= 15 is 0 Å². The zero-order valence-electron chi connectivity index (χ0n) is 16.5. The Kier molecular flexibility index (Phi) is 7.02. The van der Waals surface area contributed by atoms with E-state index in [0.29, 0.717) is 5.02 Å². The molecule has 152 valence electrons. The fourth-order valence-corrected chi connectivity index (χ4v) is 4.49. The van der Waals surface area contributed by atoms with Crippen LogP contribution in [-0.2, 0) is 14.8 Å². The Hall–Kier alpha value is -1.76. The third-order valence-corrected chi connectivity index (χ3v) is 6.41. The van der Waals surface area contributed by atoms with Crippen LogP contribution >= 0.6 is 23.2 Å². The maximum absolute atomic E-state index is 12.8. The highest BCUT2D eigenvalue weighted by molar-refractivity contribution is 7.92. The Balaban J connectivity index is 2.31. The van der Waals surface area contributed by atoms with Crippen molar-refractivity contribution < 1.29 is 13.2 Å². The van der Waals surface area contributed by atoms with Crippen molar-refractivity contribution in [2.75, 3.05) is 10.6 Å². The number of hydrogen-bond acceptors (Lipinski definition) is 3. The van der Waals surface area contributed by atoms with Gasteiger partial charge in [0.25, 0.3) is 0 Å². The Bertz CT molecular complexity index is 993. The summed E-state index contributed by atoms with van der Waals surface area (Å²) in [6, 6.07) is 9.13. The van der Waals surface area contributed by atoms with E-state index in [4.69, 9.17) is 23.2 Å². The molecule has 2 aromatic carbocycles. The monoisotopic (exact) mass is 442 g/mol. The molecule has 28 heavy (non-hydrogen) atoms. The summed E-state index contributed by atoms with van der Waals surface area (Å²) in [5.74, 6) is -0.438. The van der Waals surface area contributed by atoms with Gasteiger partial charge in [0, 0.05) is 5.02 Å². The molecule has 5 nitrogen and oxygen atoms in total. The first-order chi connectivity index (χ1) is 12.9. The third-order valence-electron chi connectivity index (χ3n) is 4.62. The van der Waals surface area contributed by atoms with Crippen molar-refractivity contribution in [3.63, 3.8) is 0 Å². The number of halogens is 2. The lowest BCUT2D eigenvalue weighted by Gasteiger charge is -2.30. The molecule has 1 N–H and O–H groups in total. The van der Waals surface area contributed by atoms with Crippen LogP contribution in [0, 0.1) is 13.8 Å². The van der Waals surface area contributed by atoms with Gasteiger partial charge >= 0.3 is 0 Å². The zero-order valence-corrected chi connectivity index (χ0v) is 18.8. The van der Waals surface area contributed by atoms with E-state index in [1.165, 1.54) is 19.1 Å². The van der Waals surface area contributed by atoms with Gasteiger partial charge in [-0.05, 0) is 62.6 Å². The maximum atomic E-state index is 12.8. The number of carbonyl (C=O) groups is 1. The van der Waals surface area contributed by atoms with Gasteiger partial charge in [-0.2, -0.15) is 0 Å². The van der Waals surface area contributed by atoms with Crippen molar-refractivity contribution >= 4 is 44.8 Å². The first kappa shape index (κ1) is 22.5. The molecule has 2 atom stereocenters. The normalized spacial score (nSPS) is 13.7. The average molecular weight is 443 g/mol. The van der Waals surface area contributed by atoms with Crippen molar-refractivity contribution in [1.82, 2.24) is 5.32 Å². The van der Waals surface area contributed by atoms with Crippen LogP contribution in [-0.4, -0.2) is 26.6 Å². The summed E-state index contributed by atoms with van der Waals surface area (Å²) in [7, 11) is -3.78. The summed E-state index contributed by atoms with van der Waals surface area (Å²) in [4.78, 5) is 12.8. The van der Waals surface area contributed by atoms with E-state index in [9.17, 15) is 13.2 Å². The highest BCUT2D eigenvalue weighted by atomic mass is 35.5. The molecule has 0 aliphatic carbocycles. The maximum Gasteiger partial charge on any atom is 0.244 e. The predicted molar refractivity (Wildman–Crippen MR) is 116 cm³/mol. The van der Waals surface area contributed by atoms with Crippen LogP contribution in [0.15, 0.2) is 36.4 Å². The molecule has 1 amide bonds. The highest BCUT2D eigenvalue weighted by Gasteiger charge is 2.31. The molecule has 0 heterocycles. The number of carbonyl (C=O) groups excluding carboxylic acids is 1. The number of anilines is 1. The van der Waals surface area contributed by atoms with Crippen LogP contribution in [0.5, 0.6) is 0 Å². The number of hydrogen-bond donors (Lipinski definition) is 1. The number of rotatable bonds is 6. The molecular formula is C20H24Cl2N2O3S. The molecule has 0 fully saturated rings. The van der Waals surface area contributed by atoms with Gasteiger partial charge in [0.15, 0.2) is 0 Å². The first-order valence-corrected chi connectivity index (χ1v) is 11.3. The van der Waals surface area contributed by atoms with Gasteiger partial charge < -0.3 is 5.32 Å². The molecule has 0 spiro atoms. The van der Waals surface area contributed by atoms with Gasteiger partial charge in [-0.1, -0.05) is 41.4 Å². The first-order valence-electron chi connectivity index (χ1n) is 8.73. The van der Waals surface area contributed by atoms with Gasteiger partial charge in [-0.15, -0.1) is 0 Å². The van der Waals surface area contributed by atoms with E-state index < -0.39 is 22.0 Å². The summed E-state index contributed by atoms with van der Waals surface area (Å²) in [5, 5.41) is 3.39. The van der Waals surface area contributed by atoms with Crippen LogP contribution in [0.4, 0.5) is 5.69 Å². The molecule has 0 bridgehead atoms. The lowest BCUT2D eigenvalue weighted by Crippen LogP contribution is -2.48. The van der Waals surface area contributed by atoms with Crippen molar-refractivity contribution in [2.45, 2.75) is 39.8 Å². The molecule has 0 aromatic heterocycles. The Morgan fingerprint density at radius 3 is 2.25 bits per heavy atom. The van der Waals surface area contributed by atoms with Gasteiger partial charge in [-0.25, -0.2) is 8.42 Å². The summed E-state index contributed by atoms with van der Waals surface area (Å²) in [6.07, 6.45) is 1.03. The molecule has 0 saturated carbocycles. The number of nitrogens with zero attached hydrogens (tertiary/aromatic N) is 1. The predicted octanol–water partition coefficient (Wildman–Crippen LogP) is 4.64. The van der Waals surface area contributed by atoms with Crippen molar-refractivity contribution in [3.8, 4) is 0 Å². The highest BCUT2D eigenvalue weighted by Crippen LogP contribution is 2.32. The fraction of sp³-hybridized carbons (Fsp3) is 0.350. The fourth-order valence-electron chi connectivity index (χ4n) is 2.89. The minimum absolute atomic E-state index is 0.165. The minimum atomic E-state index is -3.78. The van der Waals surface area contributed by atoms with Crippen LogP contribution in [0.25, 0.3) is 0 Å². The summed E-state index contributed by atoms with van der Waals surface area (Å²) >= 11 is 12.2. The second-order valence-electron chi connectivity index (χ2n) is 6.90. The van der Waals surface area contributed by atoms with Gasteiger partial charge in [0.1, 0.15) is 6.04 Å². The molecule has 0 aliphatic rings. The Morgan fingerprint density at radius 1 is 1.04 bits per heavy atom. The second-order valence-corrected chi connectivity index (χ2v) is 9.61. The van der Waals surface area contributed by atoms with E-state index in [-0.39, 0.29) is 16.8 Å². The zero-order chi connectivity index (χ0) is 21.2. The van der Waals surface area contributed by atoms with Crippen LogP contribution < -0.4 is 9.62 Å². The molecular weight excluding hydrogens is 419 g/mol. The van der Waals surface area contributed by atoms with E-state index in [1.807, 2.05) is 39.0 Å². The smallest absolute Gasteiger partial charge is 0.244 e. The number of nitrogens with one attached hydrogen (secondary N) is 1. The number of aryl methyl sites for hydroxylation is 2. The van der Waals surface area contributed by atoms with Crippen molar-refractivity contribution in [1.29, 1.82) is 0 Å². The third kappa shape index (κ3) is 5.19. The number of sulfonamides is 1. The average Bonchev–Trinajstić information content (AvgIpc) is 2.59. The summed E-state index contributed by atoms with van der Waals surface area (Å²) in [6.45, 7) is 7.39. The Morgan fingerprint density at radius 2 is 1.68 bits per heavy atom. The minimum Gasteiger partial charge on any atom is -0.348 e. The summed E-state index contributed by atoms with van der Waals surface area (Å²) in [5.41, 5.74) is 3.39. The SMILES string of the molecule is Cc1ccc([C@@H](C)NC(=O)[C@@H](C)N(c2cc(Cl)ccc2Cl)S(C)(=O)=O)cc1C. The van der Waals surface area contributed by atoms with Crippen molar-refractivity contribution in [2.24, 2.45) is 0 Å². The molecule has 0 radical (unpaired) electrons. The molecule has 0 unspecified atom stereocenters. The molecule has 0 saturated heterocycles.